The predicted octanol–water partition coefficient (Wildman–Crippen LogP) is 4.36. The molecule has 5 rings (SSSR count). The number of ether oxygens (including phenoxy) is 1. The fourth-order valence-electron chi connectivity index (χ4n) is 5.48. The molecular formula is C28H29N5O2. The van der Waals surface area contributed by atoms with Crippen molar-refractivity contribution in [3.63, 3.8) is 0 Å². The highest BCUT2D eigenvalue weighted by molar-refractivity contribution is 6.00. The molecule has 0 spiro atoms. The molecule has 1 aromatic heterocycles. The third kappa shape index (κ3) is 3.99. The molecule has 7 heteroatoms. The lowest BCUT2D eigenvalue weighted by Crippen LogP contribution is -2.55. The average Bonchev–Trinajstić information content (AvgIpc) is 2.88. The molecule has 1 unspecified atom stereocenters. The number of piperazine rings is 1. The Morgan fingerprint density at radius 1 is 1.29 bits per heavy atom. The molecule has 2 aromatic carbocycles. The number of hydrogen-bond acceptors (Lipinski definition) is 6. The first-order valence-corrected chi connectivity index (χ1v) is 12.1. The van der Waals surface area contributed by atoms with Gasteiger partial charge in [-0.1, -0.05) is 24.8 Å². The molecule has 0 N–H and O–H groups in total. The predicted molar refractivity (Wildman–Crippen MR) is 136 cm³/mol. The van der Waals surface area contributed by atoms with E-state index in [9.17, 15) is 10.1 Å². The summed E-state index contributed by atoms with van der Waals surface area (Å²) in [6.07, 6.45) is 5.07. The van der Waals surface area contributed by atoms with Crippen LogP contribution < -0.4 is 9.64 Å². The number of fused-ring (bicyclic) bond motifs is 3. The summed E-state index contributed by atoms with van der Waals surface area (Å²) in [7, 11) is 0. The molecule has 1 amide bonds. The fourth-order valence-corrected chi connectivity index (χ4v) is 5.48. The number of aryl methyl sites for hydroxylation is 2. The van der Waals surface area contributed by atoms with Crippen LogP contribution >= 0.6 is 0 Å². The van der Waals surface area contributed by atoms with E-state index in [0.29, 0.717) is 26.2 Å². The van der Waals surface area contributed by atoms with Crippen molar-refractivity contribution in [2.24, 2.45) is 0 Å². The van der Waals surface area contributed by atoms with Crippen molar-refractivity contribution in [1.29, 1.82) is 5.26 Å². The molecule has 1 fully saturated rings. The van der Waals surface area contributed by atoms with Gasteiger partial charge < -0.3 is 14.5 Å². The molecule has 0 aliphatic carbocycles. The second-order valence-corrected chi connectivity index (χ2v) is 9.24. The maximum Gasteiger partial charge on any atom is 0.246 e. The van der Waals surface area contributed by atoms with Gasteiger partial charge in [0.2, 0.25) is 5.91 Å². The second-order valence-electron chi connectivity index (χ2n) is 9.24. The Morgan fingerprint density at radius 2 is 2.09 bits per heavy atom. The summed E-state index contributed by atoms with van der Waals surface area (Å²) in [5.74, 6) is 1.52. The van der Waals surface area contributed by atoms with Gasteiger partial charge in [0.15, 0.2) is 0 Å². The van der Waals surface area contributed by atoms with Crippen LogP contribution in [0.25, 0.3) is 22.0 Å². The number of amides is 1. The maximum atomic E-state index is 12.4. The van der Waals surface area contributed by atoms with E-state index >= 15 is 0 Å². The van der Waals surface area contributed by atoms with Crippen LogP contribution in [0, 0.1) is 25.2 Å². The molecule has 2 aliphatic rings. The van der Waals surface area contributed by atoms with Crippen LogP contribution in [0.4, 0.5) is 5.82 Å². The normalized spacial score (nSPS) is 17.5. The van der Waals surface area contributed by atoms with Gasteiger partial charge in [0.1, 0.15) is 17.9 Å². The molecule has 0 saturated carbocycles. The van der Waals surface area contributed by atoms with Gasteiger partial charge in [-0.25, -0.2) is 9.97 Å². The molecule has 35 heavy (non-hydrogen) atoms. The third-order valence-corrected chi connectivity index (χ3v) is 7.10. The van der Waals surface area contributed by atoms with Crippen molar-refractivity contribution in [2.75, 3.05) is 31.1 Å². The topological polar surface area (TPSA) is 82.3 Å². The quantitative estimate of drug-likeness (QED) is 0.531. The number of aromatic nitrogens is 2. The zero-order valence-electron chi connectivity index (χ0n) is 20.3. The summed E-state index contributed by atoms with van der Waals surface area (Å²) in [4.78, 5) is 25.6. The minimum Gasteiger partial charge on any atom is -0.492 e. The summed E-state index contributed by atoms with van der Waals surface area (Å²) in [5, 5.41) is 10.3. The fraction of sp³-hybridized carbons (Fsp3) is 0.357. The van der Waals surface area contributed by atoms with E-state index in [-0.39, 0.29) is 18.4 Å². The Kier molecular flexibility index (Phi) is 6.12. The van der Waals surface area contributed by atoms with Crippen LogP contribution in [0.15, 0.2) is 43.2 Å². The number of anilines is 1. The monoisotopic (exact) mass is 467 g/mol. The average molecular weight is 468 g/mol. The number of carbonyl (C=O) groups excluding carboxylic acids is 1. The van der Waals surface area contributed by atoms with E-state index in [1.807, 2.05) is 0 Å². The molecular weight excluding hydrogens is 438 g/mol. The maximum absolute atomic E-state index is 12.4. The van der Waals surface area contributed by atoms with E-state index in [1.54, 1.807) is 11.2 Å². The molecule has 1 saturated heterocycles. The Morgan fingerprint density at radius 3 is 2.83 bits per heavy atom. The highest BCUT2D eigenvalue weighted by atomic mass is 16.5. The molecule has 0 radical (unpaired) electrons. The minimum absolute atomic E-state index is 0.142. The molecule has 0 bridgehead atoms. The van der Waals surface area contributed by atoms with E-state index in [0.717, 1.165) is 35.3 Å². The lowest BCUT2D eigenvalue weighted by atomic mass is 9.88. The largest absolute Gasteiger partial charge is 0.492 e. The van der Waals surface area contributed by atoms with Crippen molar-refractivity contribution in [3.05, 3.63) is 59.9 Å². The summed E-state index contributed by atoms with van der Waals surface area (Å²) < 4.78 is 6.32. The summed E-state index contributed by atoms with van der Waals surface area (Å²) in [6.45, 7) is 10.2. The van der Waals surface area contributed by atoms with Gasteiger partial charge in [0, 0.05) is 25.2 Å². The Labute approximate surface area is 205 Å². The van der Waals surface area contributed by atoms with Crippen molar-refractivity contribution in [1.82, 2.24) is 14.9 Å². The number of hydrogen-bond donors (Lipinski definition) is 0. The van der Waals surface area contributed by atoms with Crippen LogP contribution in [-0.4, -0.2) is 53.1 Å². The Balaban J connectivity index is 1.65. The van der Waals surface area contributed by atoms with Crippen LogP contribution in [-0.2, 0) is 11.2 Å². The highest BCUT2D eigenvalue weighted by Gasteiger charge is 2.32. The lowest BCUT2D eigenvalue weighted by Gasteiger charge is -2.41. The number of nitriles is 1. The van der Waals surface area contributed by atoms with E-state index in [4.69, 9.17) is 4.74 Å². The minimum atomic E-state index is -0.227. The van der Waals surface area contributed by atoms with Crippen molar-refractivity contribution < 1.29 is 9.53 Å². The van der Waals surface area contributed by atoms with Gasteiger partial charge in [0.25, 0.3) is 0 Å². The number of rotatable bonds is 4. The van der Waals surface area contributed by atoms with Gasteiger partial charge in [-0.05, 0) is 61.1 Å². The first-order chi connectivity index (χ1) is 17.0. The van der Waals surface area contributed by atoms with Crippen LogP contribution in [0.2, 0.25) is 0 Å². The molecule has 2 aliphatic heterocycles. The van der Waals surface area contributed by atoms with Gasteiger partial charge >= 0.3 is 0 Å². The van der Waals surface area contributed by atoms with Crippen molar-refractivity contribution >= 4 is 22.6 Å². The zero-order valence-corrected chi connectivity index (χ0v) is 20.3. The van der Waals surface area contributed by atoms with E-state index in [2.05, 4.69) is 65.6 Å². The Hall–Kier alpha value is -3.92. The molecule has 178 valence electrons. The summed E-state index contributed by atoms with van der Waals surface area (Å²) >= 11 is 0. The highest BCUT2D eigenvalue weighted by Crippen LogP contribution is 2.44. The number of benzene rings is 2. The summed E-state index contributed by atoms with van der Waals surface area (Å²) in [5.41, 5.74) is 6.92. The van der Waals surface area contributed by atoms with Gasteiger partial charge in [-0.15, -0.1) is 0 Å². The lowest BCUT2D eigenvalue weighted by molar-refractivity contribution is -0.128. The Bertz CT molecular complexity index is 1340. The SMILES string of the molecule is C=CC(=O)N1CCN(c2ncnc3cc(-c4c(C)cccc4C)c4c(c23)OCCC4)CC1CC#N. The number of carbonyl (C=O) groups is 1. The first kappa shape index (κ1) is 22.9. The van der Waals surface area contributed by atoms with Crippen LogP contribution in [0.1, 0.15) is 29.5 Å². The summed E-state index contributed by atoms with van der Waals surface area (Å²) in [6, 6.07) is 10.6. The number of nitrogens with zero attached hydrogens (tertiary/aromatic N) is 5. The third-order valence-electron chi connectivity index (χ3n) is 7.10. The standard InChI is InChI=1S/C28H29N5O2/c1-4-24(34)33-13-12-32(16-20(33)10-11-29)28-26-23(30-17-31-28)15-22(21-9-6-14-35-27(21)26)25-18(2)7-5-8-19(25)3/h4-5,7-8,15,17,20H,1,6,9-10,12-14,16H2,2-3H3. The van der Waals surface area contributed by atoms with Gasteiger partial charge in [0.05, 0.1) is 36.0 Å². The van der Waals surface area contributed by atoms with E-state index in [1.165, 1.54) is 33.9 Å². The molecule has 3 heterocycles. The van der Waals surface area contributed by atoms with Crippen molar-refractivity contribution in [3.8, 4) is 22.9 Å². The van der Waals surface area contributed by atoms with Crippen molar-refractivity contribution in [2.45, 2.75) is 39.2 Å². The van der Waals surface area contributed by atoms with Gasteiger partial charge in [-0.3, -0.25) is 4.79 Å². The smallest absolute Gasteiger partial charge is 0.246 e. The van der Waals surface area contributed by atoms with Gasteiger partial charge in [-0.2, -0.15) is 5.26 Å². The van der Waals surface area contributed by atoms with Crippen LogP contribution in [0.3, 0.4) is 0 Å². The first-order valence-electron chi connectivity index (χ1n) is 12.1. The molecule has 3 aromatic rings. The second kappa shape index (κ2) is 9.38. The molecule has 7 nitrogen and oxygen atoms in total. The van der Waals surface area contributed by atoms with Crippen LogP contribution in [0.5, 0.6) is 5.75 Å². The molecule has 1 atom stereocenters. The van der Waals surface area contributed by atoms with E-state index < -0.39 is 0 Å². The zero-order chi connectivity index (χ0) is 24.5.